The number of aromatic amines is 1. The van der Waals surface area contributed by atoms with Crippen LogP contribution in [0, 0.1) is 5.92 Å². The highest BCUT2D eigenvalue weighted by atomic mass is 35.5. The van der Waals surface area contributed by atoms with Crippen molar-refractivity contribution >= 4 is 34.9 Å². The number of anilines is 1. The van der Waals surface area contributed by atoms with Crippen LogP contribution in [0.3, 0.4) is 0 Å². The molecule has 1 aliphatic carbocycles. The number of halogens is 1. The van der Waals surface area contributed by atoms with Gasteiger partial charge < -0.3 is 15.6 Å². The molecule has 2 aliphatic rings. The Morgan fingerprint density at radius 2 is 2.05 bits per heavy atom. The van der Waals surface area contributed by atoms with Crippen LogP contribution in [0.5, 0.6) is 0 Å². The number of rotatable bonds is 2. The summed E-state index contributed by atoms with van der Waals surface area (Å²) in [6, 6.07) is 8.48. The lowest BCUT2D eigenvalue weighted by atomic mass is 9.85. The lowest BCUT2D eigenvalue weighted by Gasteiger charge is -2.24. The largest absolute Gasteiger partial charge is 0.361 e. The smallest absolute Gasteiger partial charge is 0.241 e. The average Bonchev–Trinajstić information content (AvgIpc) is 3.14. The number of nitrogens with one attached hydrogen (secondary N) is 3. The second kappa shape index (κ2) is 6.31. The summed E-state index contributed by atoms with van der Waals surface area (Å²) in [5.41, 5.74) is 1.95. The summed E-state index contributed by atoms with van der Waals surface area (Å²) in [5.74, 6) is 0.802. The first kappa shape index (κ1) is 15.4. The van der Waals surface area contributed by atoms with Gasteiger partial charge in [0.25, 0.3) is 0 Å². The molecule has 2 heterocycles. The third-order valence-corrected chi connectivity index (χ3v) is 5.03. The molecule has 22 heavy (non-hydrogen) atoms. The van der Waals surface area contributed by atoms with Crippen LogP contribution in [0.4, 0.5) is 5.69 Å². The normalized spacial score (nSPS) is 27.2. The molecule has 1 aromatic heterocycles. The highest BCUT2D eigenvalue weighted by Gasteiger charge is 2.38. The number of carbonyl (C=O) groups excluding carboxylic acids is 1. The van der Waals surface area contributed by atoms with Crippen molar-refractivity contribution in [2.45, 2.75) is 44.2 Å². The molecule has 1 saturated heterocycles. The molecule has 3 atom stereocenters. The van der Waals surface area contributed by atoms with Crippen LogP contribution in [-0.2, 0) is 4.79 Å². The minimum absolute atomic E-state index is 0. The number of fused-ring (bicyclic) bond motifs is 2. The van der Waals surface area contributed by atoms with Crippen LogP contribution in [0.1, 0.15) is 32.1 Å². The number of carbonyl (C=O) groups is 1. The van der Waals surface area contributed by atoms with Gasteiger partial charge in [-0.25, -0.2) is 0 Å². The molecular weight excluding hydrogens is 298 g/mol. The lowest BCUT2D eigenvalue weighted by molar-refractivity contribution is -0.117. The van der Waals surface area contributed by atoms with E-state index in [-0.39, 0.29) is 24.4 Å². The van der Waals surface area contributed by atoms with Gasteiger partial charge in [0.2, 0.25) is 5.91 Å². The number of hydrogen-bond donors (Lipinski definition) is 3. The van der Waals surface area contributed by atoms with Gasteiger partial charge in [-0.2, -0.15) is 0 Å². The van der Waals surface area contributed by atoms with Gasteiger partial charge >= 0.3 is 0 Å². The fourth-order valence-corrected chi connectivity index (χ4v) is 3.94. The molecule has 5 heteroatoms. The summed E-state index contributed by atoms with van der Waals surface area (Å²) in [7, 11) is 0. The molecule has 4 rings (SSSR count). The van der Waals surface area contributed by atoms with Crippen molar-refractivity contribution in [3.05, 3.63) is 30.5 Å². The summed E-state index contributed by atoms with van der Waals surface area (Å²) in [4.78, 5) is 15.7. The Kier molecular flexibility index (Phi) is 4.41. The topological polar surface area (TPSA) is 56.9 Å². The molecule has 1 aromatic carbocycles. The first-order valence-electron chi connectivity index (χ1n) is 7.94. The Bertz CT molecular complexity index is 655. The first-order chi connectivity index (χ1) is 10.3. The van der Waals surface area contributed by atoms with E-state index < -0.39 is 0 Å². The van der Waals surface area contributed by atoms with E-state index >= 15 is 0 Å². The molecule has 3 unspecified atom stereocenters. The van der Waals surface area contributed by atoms with Crippen molar-refractivity contribution in [2.24, 2.45) is 5.92 Å². The maximum absolute atomic E-state index is 12.5. The highest BCUT2D eigenvalue weighted by Crippen LogP contribution is 2.33. The average molecular weight is 320 g/mol. The minimum Gasteiger partial charge on any atom is -0.361 e. The summed E-state index contributed by atoms with van der Waals surface area (Å²) in [6.45, 7) is 0. The van der Waals surface area contributed by atoms with Crippen molar-refractivity contribution in [3.8, 4) is 0 Å². The lowest BCUT2D eigenvalue weighted by Crippen LogP contribution is -2.39. The molecule has 118 valence electrons. The number of amides is 1. The van der Waals surface area contributed by atoms with E-state index in [0.717, 1.165) is 23.0 Å². The van der Waals surface area contributed by atoms with Gasteiger partial charge in [0, 0.05) is 23.1 Å². The van der Waals surface area contributed by atoms with Gasteiger partial charge in [-0.15, -0.1) is 12.4 Å². The molecule has 0 spiro atoms. The van der Waals surface area contributed by atoms with Gasteiger partial charge in [-0.1, -0.05) is 18.9 Å². The van der Waals surface area contributed by atoms with Gasteiger partial charge in [0.1, 0.15) is 0 Å². The third kappa shape index (κ3) is 2.73. The first-order valence-corrected chi connectivity index (χ1v) is 7.94. The van der Waals surface area contributed by atoms with Crippen molar-refractivity contribution in [1.29, 1.82) is 0 Å². The number of H-pyrrole nitrogens is 1. The van der Waals surface area contributed by atoms with Crippen LogP contribution in [0.2, 0.25) is 0 Å². The Hall–Kier alpha value is -1.52. The molecule has 1 amide bonds. The van der Waals surface area contributed by atoms with Gasteiger partial charge in [0.15, 0.2) is 0 Å². The Balaban J connectivity index is 0.00000144. The molecule has 4 nitrogen and oxygen atoms in total. The molecule has 0 radical (unpaired) electrons. The Morgan fingerprint density at radius 1 is 1.18 bits per heavy atom. The standard InChI is InChI=1S/C17H21N3O.ClH/c21-17(16-10-11-4-1-2-5-13(11)19-16)20-15-7-3-6-14-12(15)8-9-18-14;/h3,6-9,11,13,16,18-19H,1-2,4-5,10H2,(H,20,21);1H. The number of aromatic nitrogens is 1. The van der Waals surface area contributed by atoms with E-state index in [9.17, 15) is 4.79 Å². The van der Waals surface area contributed by atoms with Gasteiger partial charge in [-0.3, -0.25) is 4.79 Å². The van der Waals surface area contributed by atoms with Crippen LogP contribution in [0.15, 0.2) is 30.5 Å². The molecule has 0 bridgehead atoms. The van der Waals surface area contributed by atoms with E-state index in [2.05, 4.69) is 15.6 Å². The van der Waals surface area contributed by atoms with Gasteiger partial charge in [0.05, 0.1) is 11.7 Å². The van der Waals surface area contributed by atoms with E-state index in [1.165, 1.54) is 25.7 Å². The van der Waals surface area contributed by atoms with E-state index in [1.54, 1.807) is 0 Å². The quantitative estimate of drug-likeness (QED) is 0.794. The zero-order chi connectivity index (χ0) is 14.2. The van der Waals surface area contributed by atoms with Crippen molar-refractivity contribution in [3.63, 3.8) is 0 Å². The zero-order valence-electron chi connectivity index (χ0n) is 12.5. The fourth-order valence-electron chi connectivity index (χ4n) is 3.94. The van der Waals surface area contributed by atoms with E-state index in [4.69, 9.17) is 0 Å². The molecule has 2 fully saturated rings. The van der Waals surface area contributed by atoms with Crippen LogP contribution < -0.4 is 10.6 Å². The predicted octanol–water partition coefficient (Wildman–Crippen LogP) is 3.45. The van der Waals surface area contributed by atoms with Crippen LogP contribution >= 0.6 is 12.4 Å². The number of hydrogen-bond acceptors (Lipinski definition) is 2. The third-order valence-electron chi connectivity index (χ3n) is 5.03. The van der Waals surface area contributed by atoms with Crippen LogP contribution in [0.25, 0.3) is 10.9 Å². The monoisotopic (exact) mass is 319 g/mol. The minimum atomic E-state index is -0.0349. The fraction of sp³-hybridized carbons (Fsp3) is 0.471. The Labute approximate surface area is 136 Å². The maximum atomic E-state index is 12.5. The van der Waals surface area contributed by atoms with E-state index in [1.807, 2.05) is 30.5 Å². The van der Waals surface area contributed by atoms with Crippen molar-refractivity contribution in [2.75, 3.05) is 5.32 Å². The second-order valence-corrected chi connectivity index (χ2v) is 6.34. The SMILES string of the molecule is Cl.O=C(Nc1cccc2[nH]ccc12)C1CC2CCCCC2N1. The summed E-state index contributed by atoms with van der Waals surface area (Å²) >= 11 is 0. The summed E-state index contributed by atoms with van der Waals surface area (Å²) in [5, 5.41) is 7.71. The second-order valence-electron chi connectivity index (χ2n) is 6.34. The van der Waals surface area contributed by atoms with Crippen molar-refractivity contribution < 1.29 is 4.79 Å². The zero-order valence-corrected chi connectivity index (χ0v) is 13.3. The number of benzene rings is 1. The van der Waals surface area contributed by atoms with Gasteiger partial charge in [-0.05, 0) is 43.4 Å². The molecule has 1 aliphatic heterocycles. The summed E-state index contributed by atoms with van der Waals surface area (Å²) in [6.07, 6.45) is 8.00. The highest BCUT2D eigenvalue weighted by molar-refractivity contribution is 6.03. The van der Waals surface area contributed by atoms with Crippen LogP contribution in [-0.4, -0.2) is 23.0 Å². The molecule has 3 N–H and O–H groups in total. The summed E-state index contributed by atoms with van der Waals surface area (Å²) < 4.78 is 0. The van der Waals surface area contributed by atoms with E-state index in [0.29, 0.717) is 12.0 Å². The molecule has 2 aromatic rings. The molecule has 1 saturated carbocycles. The van der Waals surface area contributed by atoms with Crippen molar-refractivity contribution in [1.82, 2.24) is 10.3 Å². The maximum Gasteiger partial charge on any atom is 0.241 e. The predicted molar refractivity (Wildman–Crippen MR) is 91.5 cm³/mol. The Morgan fingerprint density at radius 3 is 2.91 bits per heavy atom. The molecular formula is C17H22ClN3O.